The Morgan fingerprint density at radius 3 is 1.36 bits per heavy atom. The number of para-hydroxylation sites is 3. The molecular formula is C95H86N12O3+4. The van der Waals surface area contributed by atoms with Crippen LogP contribution in [-0.2, 0) is 61.8 Å². The van der Waals surface area contributed by atoms with E-state index < -0.39 is 0 Å². The molecule has 15 heteroatoms. The second-order valence-electron chi connectivity index (χ2n) is 29.5. The van der Waals surface area contributed by atoms with E-state index in [-0.39, 0.29) is 5.41 Å². The minimum Gasteiger partial charge on any atom is -0.456 e. The Bertz CT molecular complexity index is 6820. The Morgan fingerprint density at radius 2 is 0.782 bits per heavy atom. The zero-order valence-electron chi connectivity index (χ0n) is 64.5. The molecule has 15 nitrogen and oxygen atoms in total. The van der Waals surface area contributed by atoms with Crippen molar-refractivity contribution in [2.24, 2.45) is 56.4 Å². The van der Waals surface area contributed by atoms with E-state index >= 15 is 0 Å². The number of rotatable bonds is 8. The molecule has 11 aromatic heterocycles. The van der Waals surface area contributed by atoms with E-state index in [1.165, 1.54) is 72.5 Å². The van der Waals surface area contributed by atoms with Crippen LogP contribution in [0, 0.1) is 27.7 Å². The molecule has 20 rings (SSSR count). The molecule has 110 heavy (non-hydrogen) atoms. The summed E-state index contributed by atoms with van der Waals surface area (Å²) < 4.78 is 35.5. The van der Waals surface area contributed by atoms with Gasteiger partial charge in [-0.25, -0.2) is 33.6 Å². The van der Waals surface area contributed by atoms with Crippen molar-refractivity contribution in [2.75, 3.05) is 0 Å². The summed E-state index contributed by atoms with van der Waals surface area (Å²) >= 11 is 0. The predicted molar refractivity (Wildman–Crippen MR) is 439 cm³/mol. The second-order valence-corrected chi connectivity index (χ2v) is 29.5. The first-order valence-electron chi connectivity index (χ1n) is 37.2. The van der Waals surface area contributed by atoms with Gasteiger partial charge in [0.15, 0.2) is 24.8 Å². The van der Waals surface area contributed by atoms with Crippen molar-refractivity contribution in [2.45, 2.75) is 47.0 Å². The Kier molecular flexibility index (Phi) is 17.6. The van der Waals surface area contributed by atoms with Gasteiger partial charge in [0.2, 0.25) is 22.7 Å². The summed E-state index contributed by atoms with van der Waals surface area (Å²) in [6.45, 7) is 13.4. The minimum atomic E-state index is -0.0605. The van der Waals surface area contributed by atoms with Crippen LogP contribution < -0.4 is 18.3 Å². The highest BCUT2D eigenvalue weighted by Crippen LogP contribution is 2.54. The van der Waals surface area contributed by atoms with Crippen LogP contribution in [-0.4, -0.2) is 38.2 Å². The van der Waals surface area contributed by atoms with Gasteiger partial charge in [0.1, 0.15) is 84.8 Å². The maximum absolute atomic E-state index is 6.29. The number of benzene rings is 8. The zero-order chi connectivity index (χ0) is 76.0. The molecular weight excluding hydrogens is 1360 g/mol. The lowest BCUT2D eigenvalue weighted by atomic mass is 9.77. The molecule has 0 spiro atoms. The molecule has 0 bridgehead atoms. The van der Waals surface area contributed by atoms with Gasteiger partial charge in [0.25, 0.3) is 5.69 Å². The summed E-state index contributed by atoms with van der Waals surface area (Å²) in [4.78, 5) is 18.3. The molecule has 11 heterocycles. The summed E-state index contributed by atoms with van der Waals surface area (Å²) in [7, 11) is 16.5. The molecule has 0 saturated heterocycles. The average Bonchev–Trinajstić information content (AvgIpc) is 1.55. The van der Waals surface area contributed by atoms with E-state index in [1.54, 1.807) is 0 Å². The summed E-state index contributed by atoms with van der Waals surface area (Å²) in [5.74, 6) is 3.92. The molecule has 0 N–H and O–H groups in total. The number of aryl methyl sites for hydroxylation is 8. The molecule has 19 aromatic rings. The van der Waals surface area contributed by atoms with Crippen molar-refractivity contribution < 1.29 is 31.5 Å². The smallest absolute Gasteiger partial charge is 0.256 e. The Balaban J connectivity index is 0.000000107. The van der Waals surface area contributed by atoms with Gasteiger partial charge in [-0.15, -0.1) is 0 Å². The Hall–Kier alpha value is -13.4. The normalized spacial score (nSPS) is 12.2. The fraction of sp³-hybridized carbons (Fsp3) is 0.158. The molecule has 8 aromatic carbocycles. The molecule has 0 aliphatic heterocycles. The third kappa shape index (κ3) is 11.7. The highest BCUT2D eigenvalue weighted by molar-refractivity contribution is 6.11. The number of hydrogen-bond donors (Lipinski definition) is 0. The number of nitrogens with zero attached hydrogens (tertiary/aromatic N) is 12. The number of fused-ring (bicyclic) bond motifs is 12. The summed E-state index contributed by atoms with van der Waals surface area (Å²) in [6, 6.07) is 67.7. The molecule has 0 unspecified atom stereocenters. The molecule has 0 atom stereocenters. The van der Waals surface area contributed by atoms with Gasteiger partial charge >= 0.3 is 0 Å². The van der Waals surface area contributed by atoms with Crippen LogP contribution in [0.4, 0.5) is 0 Å². The van der Waals surface area contributed by atoms with Crippen molar-refractivity contribution in [1.82, 2.24) is 38.2 Å². The fourth-order valence-electron chi connectivity index (χ4n) is 16.7. The predicted octanol–water partition coefficient (Wildman–Crippen LogP) is 19.6. The molecule has 540 valence electrons. The summed E-state index contributed by atoms with van der Waals surface area (Å²) in [6.07, 6.45) is 23.8. The van der Waals surface area contributed by atoms with E-state index in [0.29, 0.717) is 0 Å². The largest absolute Gasteiger partial charge is 0.456 e. The van der Waals surface area contributed by atoms with Crippen molar-refractivity contribution in [3.05, 3.63) is 302 Å². The van der Waals surface area contributed by atoms with E-state index in [2.05, 4.69) is 299 Å². The monoisotopic (exact) mass is 1440 g/mol. The van der Waals surface area contributed by atoms with Gasteiger partial charge in [-0.2, -0.15) is 4.57 Å². The van der Waals surface area contributed by atoms with Gasteiger partial charge in [-0.3, -0.25) is 0 Å². The van der Waals surface area contributed by atoms with Crippen LogP contribution in [0.1, 0.15) is 47.2 Å². The molecule has 1 aliphatic carbocycles. The molecule has 0 fully saturated rings. The van der Waals surface area contributed by atoms with Crippen LogP contribution >= 0.6 is 0 Å². The van der Waals surface area contributed by atoms with Crippen molar-refractivity contribution in [1.29, 1.82) is 0 Å². The van der Waals surface area contributed by atoms with E-state index in [0.717, 1.165) is 128 Å². The molecule has 0 amide bonds. The first-order valence-corrected chi connectivity index (χ1v) is 37.2. The molecule has 1 aliphatic rings. The molecule has 0 radical (unpaired) electrons. The summed E-state index contributed by atoms with van der Waals surface area (Å²) in [5, 5.41) is 6.85. The number of aromatic nitrogens is 12. The van der Waals surface area contributed by atoms with Crippen LogP contribution in [0.2, 0.25) is 0 Å². The third-order valence-corrected chi connectivity index (χ3v) is 22.4. The van der Waals surface area contributed by atoms with Crippen molar-refractivity contribution in [3.63, 3.8) is 0 Å². The fourth-order valence-corrected chi connectivity index (χ4v) is 16.7. The first-order chi connectivity index (χ1) is 53.3. The van der Waals surface area contributed by atoms with Gasteiger partial charge in [-0.05, 0) is 121 Å². The van der Waals surface area contributed by atoms with Crippen LogP contribution in [0.3, 0.4) is 0 Å². The number of furan rings is 3. The topological polar surface area (TPSA) is 126 Å². The van der Waals surface area contributed by atoms with Gasteiger partial charge in [-0.1, -0.05) is 129 Å². The van der Waals surface area contributed by atoms with Gasteiger partial charge in [0.05, 0.1) is 28.1 Å². The quantitative estimate of drug-likeness (QED) is 0.139. The standard InChI is InChI=1S/C26H26N3.3C23H20N3O/c1-17-19(25-27-13-15-29(25)5)16-20-18-10-6-7-11-21(18)26(2,3)24(20)23(17)22-12-8-9-14-28(22)4;1-15-16(8-6-9-17(15)23-24-12-14-26(23)3)21-22-19(11-13-25(21)2)18-7-4-5-10-20(18)27-22;1-15-16(8-6-9-17(15)23-24-12-14-26(23)3)22-21-18-7-4-5-10-19(18)27-20(21)11-13-25(22)2;1-15-16(8-6-9-17(15)23-24-11-12-25(23)2)20-13-22-19(14-26(20)3)18-7-4-5-10-21(18)27-22/h6-16H,1-5H3;3*4-14H,1-3H3/q4*+1. The lowest BCUT2D eigenvalue weighted by molar-refractivity contribution is -0.660. The highest BCUT2D eigenvalue weighted by atomic mass is 16.3. The van der Waals surface area contributed by atoms with E-state index in [4.69, 9.17) is 13.3 Å². The number of hydrogen-bond acceptors (Lipinski definition) is 7. The third-order valence-electron chi connectivity index (χ3n) is 22.4. The highest BCUT2D eigenvalue weighted by Gasteiger charge is 2.41. The van der Waals surface area contributed by atoms with Crippen molar-refractivity contribution in [3.8, 4) is 102 Å². The maximum atomic E-state index is 6.29. The summed E-state index contributed by atoms with van der Waals surface area (Å²) in [5.41, 5.74) is 29.8. The van der Waals surface area contributed by atoms with Gasteiger partial charge < -0.3 is 31.5 Å². The minimum absolute atomic E-state index is 0.0605. The van der Waals surface area contributed by atoms with E-state index in [9.17, 15) is 0 Å². The lowest BCUT2D eigenvalue weighted by Crippen LogP contribution is -2.31. The SMILES string of the molecule is Cc1c(-c2nccn2C)cc2c(c1-c1cccc[n+]1C)C(C)(C)c1ccccc1-2.Cc1c(-c2nccn2C)cccc1-c1c2c(cc[n+]1C)oc1ccccc12.Cc1c(-c2nccn2C)cccc1-c1c2oc3ccccc3c2cc[n+]1C.Cc1c(-c2nccn2C)cccc1-c1cc2oc3ccccc3c2c[n+]1C. The van der Waals surface area contributed by atoms with Crippen LogP contribution in [0.25, 0.3) is 168 Å². The Labute approximate surface area is 638 Å². The van der Waals surface area contributed by atoms with Crippen molar-refractivity contribution >= 4 is 65.8 Å². The van der Waals surface area contributed by atoms with Crippen LogP contribution in [0.15, 0.2) is 282 Å². The van der Waals surface area contributed by atoms with Gasteiger partial charge in [0, 0.05) is 157 Å². The number of pyridine rings is 4. The van der Waals surface area contributed by atoms with E-state index in [1.807, 2.05) is 124 Å². The molecule has 0 saturated carbocycles. The second kappa shape index (κ2) is 27.7. The zero-order valence-corrected chi connectivity index (χ0v) is 64.5. The average molecular weight is 1440 g/mol. The number of imidazole rings is 4. The Morgan fingerprint density at radius 1 is 0.327 bits per heavy atom. The van der Waals surface area contributed by atoms with Crippen LogP contribution in [0.5, 0.6) is 0 Å². The lowest BCUT2D eigenvalue weighted by Gasteiger charge is -2.25. The first kappa shape index (κ1) is 69.6. The maximum Gasteiger partial charge on any atom is 0.256 e.